The number of ether oxygens (including phenoxy) is 3. The zero-order valence-electron chi connectivity index (χ0n) is 14.9. The van der Waals surface area contributed by atoms with E-state index in [2.05, 4.69) is 10.2 Å². The van der Waals surface area contributed by atoms with Gasteiger partial charge >= 0.3 is 5.97 Å². The molecule has 1 N–H and O–H groups in total. The van der Waals surface area contributed by atoms with Crippen molar-refractivity contribution in [3.63, 3.8) is 0 Å². The fourth-order valence-corrected chi connectivity index (χ4v) is 3.81. The van der Waals surface area contributed by atoms with Gasteiger partial charge in [0, 0.05) is 18.3 Å². The molecule has 0 aliphatic carbocycles. The molecule has 3 aliphatic heterocycles. The van der Waals surface area contributed by atoms with Crippen LogP contribution in [0.3, 0.4) is 0 Å². The first kappa shape index (κ1) is 16.0. The molecule has 0 bridgehead atoms. The van der Waals surface area contributed by atoms with E-state index in [0.717, 1.165) is 53.5 Å². The van der Waals surface area contributed by atoms with Crippen LogP contribution in [0.2, 0.25) is 0 Å². The SMILES string of the molecule is COC(=O)C1Nc2ccccc2N=C1N1CCCc2cc3c(cc21)OCO3. The van der Waals surface area contributed by atoms with Crippen LogP contribution in [0.25, 0.3) is 0 Å². The first-order valence-electron chi connectivity index (χ1n) is 8.96. The summed E-state index contributed by atoms with van der Waals surface area (Å²) in [7, 11) is 1.39. The van der Waals surface area contributed by atoms with Crippen molar-refractivity contribution in [3.8, 4) is 11.5 Å². The lowest BCUT2D eigenvalue weighted by Crippen LogP contribution is -2.50. The predicted molar refractivity (Wildman–Crippen MR) is 101 cm³/mol. The zero-order valence-corrected chi connectivity index (χ0v) is 14.9. The van der Waals surface area contributed by atoms with Crippen LogP contribution in [0.1, 0.15) is 12.0 Å². The third kappa shape index (κ3) is 2.58. The van der Waals surface area contributed by atoms with Crippen molar-refractivity contribution < 1.29 is 19.0 Å². The van der Waals surface area contributed by atoms with Crippen molar-refractivity contribution in [1.29, 1.82) is 0 Å². The van der Waals surface area contributed by atoms with Gasteiger partial charge in [0.25, 0.3) is 0 Å². The second-order valence-electron chi connectivity index (χ2n) is 6.68. The standard InChI is InChI=1S/C20H19N3O4/c1-25-20(24)18-19(22-14-7-3-2-6-13(14)21-18)23-8-4-5-12-9-16-17(10-15(12)23)27-11-26-16/h2-3,6-7,9-10,18,21H,4-5,8,11H2,1H3. The molecule has 27 heavy (non-hydrogen) atoms. The molecule has 138 valence electrons. The molecular weight excluding hydrogens is 346 g/mol. The highest BCUT2D eigenvalue weighted by Crippen LogP contribution is 2.42. The van der Waals surface area contributed by atoms with Crippen molar-refractivity contribution in [1.82, 2.24) is 0 Å². The minimum Gasteiger partial charge on any atom is -0.467 e. The summed E-state index contributed by atoms with van der Waals surface area (Å²) in [6.07, 6.45) is 1.91. The molecule has 0 fully saturated rings. The summed E-state index contributed by atoms with van der Waals surface area (Å²) in [4.78, 5) is 19.4. The summed E-state index contributed by atoms with van der Waals surface area (Å²) in [5.41, 5.74) is 3.79. The van der Waals surface area contributed by atoms with Gasteiger partial charge in [-0.1, -0.05) is 12.1 Å². The third-order valence-electron chi connectivity index (χ3n) is 5.10. The maximum absolute atomic E-state index is 12.5. The molecule has 7 nitrogen and oxygen atoms in total. The minimum atomic E-state index is -0.665. The molecule has 1 unspecified atom stereocenters. The van der Waals surface area contributed by atoms with E-state index in [4.69, 9.17) is 19.2 Å². The number of carbonyl (C=O) groups is 1. The molecule has 3 heterocycles. The highest BCUT2D eigenvalue weighted by molar-refractivity contribution is 6.17. The molecule has 0 saturated heterocycles. The second kappa shape index (κ2) is 6.19. The summed E-state index contributed by atoms with van der Waals surface area (Å²) in [5.74, 6) is 1.77. The fraction of sp³-hybridized carbons (Fsp3) is 0.300. The molecule has 3 aliphatic rings. The Hall–Kier alpha value is -3.22. The summed E-state index contributed by atoms with van der Waals surface area (Å²) < 4.78 is 16.1. The number of hydrogen-bond acceptors (Lipinski definition) is 7. The van der Waals surface area contributed by atoms with Gasteiger partial charge in [0.05, 0.1) is 18.5 Å². The number of hydrogen-bond donors (Lipinski definition) is 1. The van der Waals surface area contributed by atoms with E-state index in [1.165, 1.54) is 7.11 Å². The molecule has 0 saturated carbocycles. The highest BCUT2D eigenvalue weighted by atomic mass is 16.7. The van der Waals surface area contributed by atoms with Gasteiger partial charge in [0.15, 0.2) is 17.5 Å². The van der Waals surface area contributed by atoms with Crippen LogP contribution in [0, 0.1) is 0 Å². The number of nitrogens with one attached hydrogen (secondary N) is 1. The molecule has 5 rings (SSSR count). The second-order valence-corrected chi connectivity index (χ2v) is 6.68. The Bertz CT molecular complexity index is 956. The number of anilines is 2. The molecule has 7 heteroatoms. The average Bonchev–Trinajstić information content (AvgIpc) is 3.17. The summed E-state index contributed by atoms with van der Waals surface area (Å²) in [6.45, 7) is 1.00. The van der Waals surface area contributed by atoms with Gasteiger partial charge in [-0.25, -0.2) is 9.79 Å². The van der Waals surface area contributed by atoms with E-state index in [9.17, 15) is 4.79 Å². The largest absolute Gasteiger partial charge is 0.467 e. The molecule has 0 radical (unpaired) electrons. The van der Waals surface area contributed by atoms with Crippen LogP contribution < -0.4 is 19.7 Å². The highest BCUT2D eigenvalue weighted by Gasteiger charge is 2.36. The number of carbonyl (C=O) groups excluding carboxylic acids is 1. The maximum Gasteiger partial charge on any atom is 0.336 e. The van der Waals surface area contributed by atoms with Crippen LogP contribution in [0.4, 0.5) is 17.1 Å². The van der Waals surface area contributed by atoms with Gasteiger partial charge < -0.3 is 24.4 Å². The Kier molecular flexibility index (Phi) is 3.67. The maximum atomic E-state index is 12.5. The van der Waals surface area contributed by atoms with Crippen molar-refractivity contribution in [3.05, 3.63) is 42.0 Å². The first-order chi connectivity index (χ1) is 13.2. The van der Waals surface area contributed by atoms with Gasteiger partial charge in [-0.2, -0.15) is 0 Å². The van der Waals surface area contributed by atoms with Crippen molar-refractivity contribution in [2.75, 3.05) is 30.7 Å². The van der Waals surface area contributed by atoms with E-state index in [1.807, 2.05) is 36.4 Å². The molecule has 1 atom stereocenters. The molecule has 0 amide bonds. The molecule has 0 aromatic heterocycles. The van der Waals surface area contributed by atoms with E-state index < -0.39 is 6.04 Å². The average molecular weight is 365 g/mol. The topological polar surface area (TPSA) is 72.4 Å². The van der Waals surface area contributed by atoms with Gasteiger partial charge in [-0.3, -0.25) is 0 Å². The quantitative estimate of drug-likeness (QED) is 0.784. The lowest BCUT2D eigenvalue weighted by molar-refractivity contribution is -0.139. The van der Waals surface area contributed by atoms with Crippen molar-refractivity contribution in [2.24, 2.45) is 4.99 Å². The van der Waals surface area contributed by atoms with Gasteiger partial charge in [-0.15, -0.1) is 0 Å². The monoisotopic (exact) mass is 365 g/mol. The fourth-order valence-electron chi connectivity index (χ4n) is 3.81. The van der Waals surface area contributed by atoms with Gasteiger partial charge in [-0.05, 0) is 36.6 Å². The Labute approximate surface area is 156 Å². The Morgan fingerprint density at radius 1 is 1.26 bits per heavy atom. The number of methoxy groups -OCH3 is 1. The number of fused-ring (bicyclic) bond motifs is 3. The smallest absolute Gasteiger partial charge is 0.336 e. The Morgan fingerprint density at radius 3 is 2.93 bits per heavy atom. The molecule has 2 aromatic carbocycles. The normalized spacial score (nSPS) is 19.5. The number of para-hydroxylation sites is 2. The Balaban J connectivity index is 1.63. The zero-order chi connectivity index (χ0) is 18.4. The number of amidine groups is 1. The molecule has 0 spiro atoms. The summed E-state index contributed by atoms with van der Waals surface area (Å²) in [6, 6.07) is 11.0. The lowest BCUT2D eigenvalue weighted by atomic mass is 9.99. The number of nitrogens with zero attached hydrogens (tertiary/aromatic N) is 2. The number of esters is 1. The number of aryl methyl sites for hydroxylation is 1. The van der Waals surface area contributed by atoms with Gasteiger partial charge in [0.2, 0.25) is 6.79 Å². The summed E-state index contributed by atoms with van der Waals surface area (Å²) >= 11 is 0. The van der Waals surface area contributed by atoms with E-state index >= 15 is 0 Å². The Morgan fingerprint density at radius 2 is 2.07 bits per heavy atom. The molecular formula is C20H19N3O4. The lowest BCUT2D eigenvalue weighted by Gasteiger charge is -2.37. The van der Waals surface area contributed by atoms with Crippen LogP contribution in [0.5, 0.6) is 11.5 Å². The number of aliphatic imine (C=N–C) groups is 1. The van der Waals surface area contributed by atoms with E-state index in [1.54, 1.807) is 0 Å². The first-order valence-corrected chi connectivity index (χ1v) is 8.96. The number of benzene rings is 2. The predicted octanol–water partition coefficient (Wildman–Crippen LogP) is 2.87. The van der Waals surface area contributed by atoms with Crippen LogP contribution in [-0.2, 0) is 16.0 Å². The van der Waals surface area contributed by atoms with Crippen LogP contribution in [-0.4, -0.2) is 38.3 Å². The van der Waals surface area contributed by atoms with Crippen molar-refractivity contribution in [2.45, 2.75) is 18.9 Å². The molecule has 2 aromatic rings. The number of rotatable bonds is 1. The minimum absolute atomic E-state index is 0.235. The summed E-state index contributed by atoms with van der Waals surface area (Å²) in [5, 5.41) is 3.28. The van der Waals surface area contributed by atoms with Crippen molar-refractivity contribution >= 4 is 28.9 Å². The van der Waals surface area contributed by atoms with Crippen LogP contribution in [0.15, 0.2) is 41.4 Å². The third-order valence-corrected chi connectivity index (χ3v) is 5.10. The van der Waals surface area contributed by atoms with Crippen LogP contribution >= 0.6 is 0 Å². The van der Waals surface area contributed by atoms with E-state index in [-0.39, 0.29) is 12.8 Å². The van der Waals surface area contributed by atoms with E-state index in [0.29, 0.717) is 5.84 Å². The van der Waals surface area contributed by atoms with Gasteiger partial charge in [0.1, 0.15) is 5.84 Å².